The van der Waals surface area contributed by atoms with Crippen LogP contribution in [0.5, 0.6) is 0 Å². The average molecular weight is 257 g/mol. The van der Waals surface area contributed by atoms with Crippen molar-refractivity contribution < 1.29 is 23.1 Å². The summed E-state index contributed by atoms with van der Waals surface area (Å²) in [6.07, 6.45) is -3.91. The molecule has 1 amide bonds. The minimum atomic E-state index is -4.34. The molecule has 94 valence electrons. The predicted molar refractivity (Wildman–Crippen MR) is 55.2 cm³/mol. The van der Waals surface area contributed by atoms with E-state index in [2.05, 4.69) is 0 Å². The van der Waals surface area contributed by atoms with Gasteiger partial charge in [-0.15, -0.1) is 11.8 Å². The summed E-state index contributed by atoms with van der Waals surface area (Å²) in [6, 6.07) is 0. The molecule has 0 aromatic heterocycles. The van der Waals surface area contributed by atoms with E-state index in [1.807, 2.05) is 0 Å². The van der Waals surface area contributed by atoms with Crippen molar-refractivity contribution in [2.24, 2.45) is 0 Å². The van der Waals surface area contributed by atoms with E-state index in [9.17, 15) is 18.0 Å². The second kappa shape index (κ2) is 5.27. The van der Waals surface area contributed by atoms with Gasteiger partial charge in [-0.25, -0.2) is 0 Å². The third-order valence-electron chi connectivity index (χ3n) is 2.27. The monoisotopic (exact) mass is 257 g/mol. The van der Waals surface area contributed by atoms with Gasteiger partial charge in [0, 0.05) is 11.8 Å². The summed E-state index contributed by atoms with van der Waals surface area (Å²) in [4.78, 5) is 12.4. The summed E-state index contributed by atoms with van der Waals surface area (Å²) >= 11 is 1.24. The van der Waals surface area contributed by atoms with Crippen molar-refractivity contribution in [3.8, 4) is 0 Å². The van der Waals surface area contributed by atoms with Crippen molar-refractivity contribution in [1.82, 2.24) is 4.90 Å². The van der Waals surface area contributed by atoms with Crippen LogP contribution in [0.2, 0.25) is 0 Å². The quantitative estimate of drug-likeness (QED) is 0.824. The van der Waals surface area contributed by atoms with E-state index < -0.39 is 23.9 Å². The first kappa shape index (κ1) is 13.6. The van der Waals surface area contributed by atoms with Gasteiger partial charge < -0.3 is 10.0 Å². The van der Waals surface area contributed by atoms with Crippen molar-refractivity contribution >= 4 is 17.7 Å². The molecule has 0 spiro atoms. The zero-order chi connectivity index (χ0) is 12.3. The molecule has 1 rings (SSSR count). The predicted octanol–water partition coefficient (Wildman–Crippen LogP) is 1.26. The van der Waals surface area contributed by atoms with Crippen LogP contribution in [-0.2, 0) is 4.79 Å². The Hall–Kier alpha value is -0.430. The summed E-state index contributed by atoms with van der Waals surface area (Å²) in [6.45, 7) is 0.642. The topological polar surface area (TPSA) is 40.5 Å². The average Bonchev–Trinajstić information content (AvgIpc) is 2.47. The number of nitrogens with zero attached hydrogens (tertiary/aromatic N) is 1. The van der Waals surface area contributed by atoms with Crippen molar-refractivity contribution in [3.05, 3.63) is 0 Å². The van der Waals surface area contributed by atoms with Gasteiger partial charge in [0.1, 0.15) is 6.54 Å². The fraction of sp³-hybridized carbons (Fsp3) is 0.889. The second-order valence-electron chi connectivity index (χ2n) is 3.78. The number of carbonyl (C=O) groups excluding carboxylic acids is 1. The molecular weight excluding hydrogens is 243 g/mol. The first-order valence-corrected chi connectivity index (χ1v) is 5.89. The molecule has 0 aromatic carbocycles. The number of aliphatic hydroxyl groups is 1. The summed E-state index contributed by atoms with van der Waals surface area (Å²) in [5.41, 5.74) is 0. The highest BCUT2D eigenvalue weighted by atomic mass is 32.2. The van der Waals surface area contributed by atoms with Gasteiger partial charge in [-0.1, -0.05) is 6.92 Å². The van der Waals surface area contributed by atoms with E-state index >= 15 is 0 Å². The van der Waals surface area contributed by atoms with E-state index in [-0.39, 0.29) is 18.4 Å². The van der Waals surface area contributed by atoms with Crippen LogP contribution >= 0.6 is 11.8 Å². The van der Waals surface area contributed by atoms with Gasteiger partial charge in [0.2, 0.25) is 5.91 Å². The van der Waals surface area contributed by atoms with Crippen LogP contribution in [0.3, 0.4) is 0 Å². The number of rotatable bonds is 4. The van der Waals surface area contributed by atoms with E-state index in [0.717, 1.165) is 4.90 Å². The summed E-state index contributed by atoms with van der Waals surface area (Å²) < 4.78 is 36.3. The van der Waals surface area contributed by atoms with Gasteiger partial charge in [0.15, 0.2) is 0 Å². The molecule has 0 radical (unpaired) electrons. The lowest BCUT2D eigenvalue weighted by atomic mass is 10.4. The van der Waals surface area contributed by atoms with Gasteiger partial charge in [-0.3, -0.25) is 4.79 Å². The maximum Gasteiger partial charge on any atom is 0.406 e. The van der Waals surface area contributed by atoms with Crippen LogP contribution in [0.1, 0.15) is 13.3 Å². The number of thioether (sulfide) groups is 1. The van der Waals surface area contributed by atoms with E-state index in [1.165, 1.54) is 11.8 Å². The number of hydrogen-bond donors (Lipinski definition) is 1. The van der Waals surface area contributed by atoms with Crippen LogP contribution in [0.4, 0.5) is 13.2 Å². The summed E-state index contributed by atoms with van der Waals surface area (Å²) in [5, 5.41) is 8.24. The molecule has 1 N–H and O–H groups in total. The number of carbonyl (C=O) groups is 1. The Morgan fingerprint density at radius 1 is 1.62 bits per heavy atom. The minimum Gasteiger partial charge on any atom is -0.395 e. The fourth-order valence-electron chi connectivity index (χ4n) is 1.53. The minimum absolute atomic E-state index is 0.0757. The van der Waals surface area contributed by atoms with Crippen LogP contribution < -0.4 is 0 Å². The van der Waals surface area contributed by atoms with Crippen molar-refractivity contribution in [2.45, 2.75) is 30.0 Å². The molecule has 0 saturated carbocycles. The third kappa shape index (κ3) is 3.86. The molecular formula is C9H14F3NO2S. The number of halogens is 3. The van der Waals surface area contributed by atoms with Gasteiger partial charge >= 0.3 is 6.18 Å². The fourth-order valence-corrected chi connectivity index (χ4v) is 2.69. The Kier molecular flexibility index (Phi) is 4.49. The van der Waals surface area contributed by atoms with Crippen LogP contribution in [-0.4, -0.2) is 52.3 Å². The number of hydrogen-bond acceptors (Lipinski definition) is 3. The molecule has 1 saturated heterocycles. The number of likely N-dealkylation sites (tertiary alicyclic amines) is 1. The lowest BCUT2D eigenvalue weighted by Gasteiger charge is -2.19. The van der Waals surface area contributed by atoms with E-state index in [4.69, 9.17) is 5.11 Å². The molecule has 3 nitrogen and oxygen atoms in total. The van der Waals surface area contributed by atoms with Gasteiger partial charge in [0.05, 0.1) is 11.9 Å². The van der Waals surface area contributed by atoms with Crippen molar-refractivity contribution in [3.63, 3.8) is 0 Å². The van der Waals surface area contributed by atoms with E-state index in [0.29, 0.717) is 6.42 Å². The SMILES string of the molecule is C[C@@H](CO)S[C@@H]1CCN(CC(F)(F)F)C1=O. The van der Waals surface area contributed by atoms with Crippen LogP contribution in [0.15, 0.2) is 0 Å². The number of amides is 1. The second-order valence-corrected chi connectivity index (χ2v) is 5.43. The van der Waals surface area contributed by atoms with Crippen molar-refractivity contribution in [2.75, 3.05) is 19.7 Å². The highest BCUT2D eigenvalue weighted by molar-refractivity contribution is 8.01. The Morgan fingerprint density at radius 2 is 2.25 bits per heavy atom. The highest BCUT2D eigenvalue weighted by Crippen LogP contribution is 2.29. The highest BCUT2D eigenvalue weighted by Gasteiger charge is 2.39. The Bertz CT molecular complexity index is 260. The normalized spacial score (nSPS) is 23.9. The lowest BCUT2D eigenvalue weighted by Crippen LogP contribution is -2.37. The smallest absolute Gasteiger partial charge is 0.395 e. The zero-order valence-electron chi connectivity index (χ0n) is 8.83. The number of alkyl halides is 3. The van der Waals surface area contributed by atoms with Gasteiger partial charge in [-0.2, -0.15) is 13.2 Å². The molecule has 0 bridgehead atoms. The molecule has 1 fully saturated rings. The maximum atomic E-state index is 12.1. The van der Waals surface area contributed by atoms with Gasteiger partial charge in [0.25, 0.3) is 0 Å². The maximum absolute atomic E-state index is 12.1. The molecule has 16 heavy (non-hydrogen) atoms. The summed E-state index contributed by atoms with van der Waals surface area (Å²) in [7, 11) is 0. The Balaban J connectivity index is 2.48. The number of aliphatic hydroxyl groups excluding tert-OH is 1. The first-order chi connectivity index (χ1) is 7.33. The third-order valence-corrected chi connectivity index (χ3v) is 3.65. The molecule has 1 aliphatic heterocycles. The van der Waals surface area contributed by atoms with E-state index in [1.54, 1.807) is 6.92 Å². The molecule has 1 aliphatic rings. The molecule has 2 atom stereocenters. The molecule has 0 aromatic rings. The molecule has 1 heterocycles. The molecule has 7 heteroatoms. The standard InChI is InChI=1S/C9H14F3NO2S/c1-6(4-14)16-7-2-3-13(8(7)15)5-9(10,11)12/h6-7,14H,2-5H2,1H3/t6-,7+/m0/s1. The Labute approximate surface area is 96.0 Å². The Morgan fingerprint density at radius 3 is 2.75 bits per heavy atom. The van der Waals surface area contributed by atoms with Crippen LogP contribution in [0.25, 0.3) is 0 Å². The van der Waals surface area contributed by atoms with Crippen LogP contribution in [0, 0.1) is 0 Å². The molecule has 0 aliphatic carbocycles. The first-order valence-electron chi connectivity index (χ1n) is 4.95. The van der Waals surface area contributed by atoms with Gasteiger partial charge in [-0.05, 0) is 6.42 Å². The summed E-state index contributed by atoms with van der Waals surface area (Å²) in [5.74, 6) is -0.470. The lowest BCUT2D eigenvalue weighted by molar-refractivity contribution is -0.157. The zero-order valence-corrected chi connectivity index (χ0v) is 9.64. The van der Waals surface area contributed by atoms with Crippen molar-refractivity contribution in [1.29, 1.82) is 0 Å². The molecule has 0 unspecified atom stereocenters. The largest absolute Gasteiger partial charge is 0.406 e.